The Morgan fingerprint density at radius 1 is 1.03 bits per heavy atom. The predicted octanol–water partition coefficient (Wildman–Crippen LogP) is 1.87. The average molecular weight is 637 g/mol. The highest BCUT2D eigenvalue weighted by atomic mass is 79.9. The zero-order valence-electron chi connectivity index (χ0n) is 22.1. The predicted molar refractivity (Wildman–Crippen MR) is 146 cm³/mol. The van der Waals surface area contributed by atoms with Crippen molar-refractivity contribution < 1.29 is 50.4 Å². The van der Waals surface area contributed by atoms with E-state index in [2.05, 4.69) is 13.1 Å². The van der Waals surface area contributed by atoms with E-state index in [1.807, 2.05) is 41.1 Å². The Hall–Kier alpha value is -2.24. The molecule has 0 spiro atoms. The molecule has 5 rings (SSSR count). The number of thiophene rings is 2. The third-order valence-corrected chi connectivity index (χ3v) is 9.94. The van der Waals surface area contributed by atoms with Gasteiger partial charge in [-0.15, -0.1) is 22.7 Å². The van der Waals surface area contributed by atoms with E-state index < -0.39 is 11.6 Å². The number of benzene rings is 1. The van der Waals surface area contributed by atoms with Crippen molar-refractivity contribution >= 4 is 34.6 Å². The molecular formula is C29H34BrNO6S2. The monoisotopic (exact) mass is 635 g/mol. The molecule has 0 aliphatic carbocycles. The number of quaternary nitrogens is 1. The van der Waals surface area contributed by atoms with Gasteiger partial charge in [0.05, 0.1) is 35.5 Å². The van der Waals surface area contributed by atoms with E-state index in [4.69, 9.17) is 14.2 Å². The van der Waals surface area contributed by atoms with Gasteiger partial charge in [-0.2, -0.15) is 0 Å². The van der Waals surface area contributed by atoms with Crippen molar-refractivity contribution in [3.05, 3.63) is 74.6 Å². The van der Waals surface area contributed by atoms with Crippen LogP contribution in [0.3, 0.4) is 0 Å². The van der Waals surface area contributed by atoms with Crippen LogP contribution in [-0.4, -0.2) is 60.0 Å². The van der Waals surface area contributed by atoms with Crippen molar-refractivity contribution in [1.29, 1.82) is 0 Å². The van der Waals surface area contributed by atoms with Crippen LogP contribution < -0.4 is 21.7 Å². The number of aliphatic hydroxyl groups is 1. The van der Waals surface area contributed by atoms with Gasteiger partial charge in [-0.25, -0.2) is 9.59 Å². The molecule has 0 saturated carbocycles. The van der Waals surface area contributed by atoms with Gasteiger partial charge < -0.3 is 40.8 Å². The molecule has 2 bridgehead atoms. The largest absolute Gasteiger partial charge is 1.00 e. The summed E-state index contributed by atoms with van der Waals surface area (Å²) in [7, 11) is 2.29. The van der Waals surface area contributed by atoms with Crippen molar-refractivity contribution in [2.45, 2.75) is 62.9 Å². The fraction of sp³-hybridized carbons (Fsp3) is 0.448. The summed E-state index contributed by atoms with van der Waals surface area (Å²) in [4.78, 5) is 26.3. The number of halogens is 1. The normalized spacial score (nSPS) is 24.0. The summed E-state index contributed by atoms with van der Waals surface area (Å²) in [6.07, 6.45) is 3.46. The van der Waals surface area contributed by atoms with E-state index in [1.165, 1.54) is 22.7 Å². The number of hydrogen-bond donors (Lipinski definition) is 1. The van der Waals surface area contributed by atoms with Gasteiger partial charge in [0.2, 0.25) is 5.60 Å². The molecule has 0 radical (unpaired) electrons. The van der Waals surface area contributed by atoms with Crippen molar-refractivity contribution in [3.63, 3.8) is 0 Å². The molecular weight excluding hydrogens is 602 g/mol. The van der Waals surface area contributed by atoms with E-state index in [9.17, 15) is 14.7 Å². The minimum absolute atomic E-state index is 0. The van der Waals surface area contributed by atoms with Crippen molar-refractivity contribution in [1.82, 2.24) is 0 Å². The third-order valence-electron chi connectivity index (χ3n) is 7.98. The molecule has 210 valence electrons. The van der Waals surface area contributed by atoms with Crippen molar-refractivity contribution in [2.75, 3.05) is 20.3 Å². The van der Waals surface area contributed by atoms with Crippen LogP contribution in [0.25, 0.3) is 0 Å². The molecule has 10 heteroatoms. The molecule has 7 nitrogen and oxygen atoms in total. The maximum atomic E-state index is 13.5. The minimum atomic E-state index is -1.78. The van der Waals surface area contributed by atoms with Crippen LogP contribution in [0.2, 0.25) is 0 Å². The maximum Gasteiger partial charge on any atom is 0.349 e. The Balaban J connectivity index is 0.00000353. The van der Waals surface area contributed by atoms with Gasteiger partial charge in [0, 0.05) is 31.2 Å². The van der Waals surface area contributed by atoms with Crippen LogP contribution in [0.4, 0.5) is 0 Å². The summed E-state index contributed by atoms with van der Waals surface area (Å²) >= 11 is 2.72. The first-order valence-electron chi connectivity index (χ1n) is 13.1. The summed E-state index contributed by atoms with van der Waals surface area (Å²) in [5, 5.41) is 15.3. The highest BCUT2D eigenvalue weighted by molar-refractivity contribution is 7.12. The first-order chi connectivity index (χ1) is 18.3. The van der Waals surface area contributed by atoms with E-state index in [-0.39, 0.29) is 35.7 Å². The quantitative estimate of drug-likeness (QED) is 0.271. The van der Waals surface area contributed by atoms with Gasteiger partial charge in [0.15, 0.2) is 6.61 Å². The van der Waals surface area contributed by atoms with Gasteiger partial charge in [-0.3, -0.25) is 0 Å². The van der Waals surface area contributed by atoms with Crippen LogP contribution in [0, 0.1) is 0 Å². The number of ether oxygens (including phenoxy) is 3. The number of piperidine rings is 1. The van der Waals surface area contributed by atoms with E-state index >= 15 is 0 Å². The minimum Gasteiger partial charge on any atom is -1.00 e. The maximum absolute atomic E-state index is 13.5. The molecule has 1 N–H and O–H groups in total. The van der Waals surface area contributed by atoms with Gasteiger partial charge in [0.1, 0.15) is 18.4 Å². The number of fused-ring (bicyclic) bond motifs is 2. The molecule has 4 heterocycles. The standard InChI is InChI=1S/C29H34NO6S2.BrH/c1-3-34-27(31)19-35-23-8-4-7-20(15-23)18-30(2)21-11-12-22(30)17-24(16-21)36-28(32)29(33,25-9-5-13-37-25)26-10-6-14-38-26;/h4-10,13-15,21-22,24,33H,3,11-12,16-19H2,1-2H3;1H/q+1;/p-1/t21-,22+,24-,30?;. The van der Waals surface area contributed by atoms with E-state index in [0.29, 0.717) is 34.2 Å². The zero-order chi connectivity index (χ0) is 26.8. The smallest absolute Gasteiger partial charge is 0.349 e. The lowest BCUT2D eigenvalue weighted by Crippen LogP contribution is -3.00. The van der Waals surface area contributed by atoms with Gasteiger partial charge in [0.25, 0.3) is 0 Å². The highest BCUT2D eigenvalue weighted by Gasteiger charge is 2.54. The third kappa shape index (κ3) is 6.10. The molecule has 2 aliphatic rings. The van der Waals surface area contributed by atoms with Crippen molar-refractivity contribution in [2.24, 2.45) is 0 Å². The second-order valence-electron chi connectivity index (χ2n) is 10.3. The van der Waals surface area contributed by atoms with Gasteiger partial charge in [-0.05, 0) is 41.9 Å². The molecule has 2 aromatic heterocycles. The average Bonchev–Trinajstić information content (AvgIpc) is 3.65. The van der Waals surface area contributed by atoms with Crippen LogP contribution in [0.1, 0.15) is 47.9 Å². The SMILES string of the molecule is CCOC(=O)COc1cccc(C[N+]2(C)[C@@H]3CC[C@H]2C[C@H](OC(=O)C(O)(c2cccs2)c2cccs2)C3)c1.[Br-]. The number of carbonyl (C=O) groups is 2. The van der Waals surface area contributed by atoms with Crippen LogP contribution >= 0.6 is 22.7 Å². The Morgan fingerprint density at radius 2 is 1.67 bits per heavy atom. The van der Waals surface area contributed by atoms with Gasteiger partial charge >= 0.3 is 11.9 Å². The summed E-state index contributed by atoms with van der Waals surface area (Å²) in [5.74, 6) is -0.314. The summed E-state index contributed by atoms with van der Waals surface area (Å²) in [5.41, 5.74) is -0.632. The number of rotatable bonds is 10. The number of nitrogens with zero attached hydrogens (tertiary/aromatic N) is 1. The Kier molecular flexibility index (Phi) is 9.54. The fourth-order valence-corrected chi connectivity index (χ4v) is 7.76. The van der Waals surface area contributed by atoms with E-state index in [0.717, 1.165) is 42.3 Å². The lowest BCUT2D eigenvalue weighted by molar-refractivity contribution is -0.961. The Morgan fingerprint density at radius 3 is 2.23 bits per heavy atom. The van der Waals surface area contributed by atoms with Crippen LogP contribution in [0.15, 0.2) is 59.3 Å². The molecule has 39 heavy (non-hydrogen) atoms. The molecule has 1 aromatic carbocycles. The highest BCUT2D eigenvalue weighted by Crippen LogP contribution is 2.45. The lowest BCUT2D eigenvalue weighted by Gasteiger charge is -2.47. The zero-order valence-corrected chi connectivity index (χ0v) is 25.3. The Bertz CT molecular complexity index is 1200. The summed E-state index contributed by atoms with van der Waals surface area (Å²) in [6.45, 7) is 2.83. The lowest BCUT2D eigenvalue weighted by atomic mass is 9.94. The number of carbonyl (C=O) groups excluding carboxylic acids is 2. The first kappa shape index (κ1) is 29.7. The second kappa shape index (κ2) is 12.5. The molecule has 0 amide bonds. The summed E-state index contributed by atoms with van der Waals surface area (Å²) < 4.78 is 17.6. The molecule has 2 fully saturated rings. The van der Waals surface area contributed by atoms with E-state index in [1.54, 1.807) is 19.1 Å². The Labute approximate surface area is 247 Å². The van der Waals surface area contributed by atoms with Gasteiger partial charge in [-0.1, -0.05) is 24.3 Å². The molecule has 4 atom stereocenters. The van der Waals surface area contributed by atoms with Crippen LogP contribution in [-0.2, 0) is 31.2 Å². The summed E-state index contributed by atoms with van der Waals surface area (Å²) in [6, 6.07) is 15.9. The molecule has 1 unspecified atom stereocenters. The molecule has 2 saturated heterocycles. The topological polar surface area (TPSA) is 82.1 Å². The first-order valence-corrected chi connectivity index (χ1v) is 14.8. The van der Waals surface area contributed by atoms with Crippen molar-refractivity contribution in [3.8, 4) is 5.75 Å². The number of hydrogen-bond acceptors (Lipinski definition) is 8. The molecule has 2 aliphatic heterocycles. The second-order valence-corrected chi connectivity index (χ2v) is 12.2. The fourth-order valence-electron chi connectivity index (χ4n) is 6.05. The molecule has 3 aromatic rings. The van der Waals surface area contributed by atoms with Crippen LogP contribution in [0.5, 0.6) is 5.75 Å². The number of esters is 2.